The normalized spacial score (nSPS) is 8.62. The SMILES string of the molecule is CC.CCC(=O)c1ccccc1.CNc1ccc(C)cc1. The van der Waals surface area contributed by atoms with E-state index in [9.17, 15) is 4.79 Å². The van der Waals surface area contributed by atoms with E-state index >= 15 is 0 Å². The van der Waals surface area contributed by atoms with Crippen molar-refractivity contribution < 1.29 is 4.79 Å². The molecule has 2 nitrogen and oxygen atoms in total. The topological polar surface area (TPSA) is 29.1 Å². The van der Waals surface area contributed by atoms with Gasteiger partial charge in [-0.05, 0) is 19.1 Å². The predicted molar refractivity (Wildman–Crippen MR) is 93.1 cm³/mol. The fraction of sp³-hybridized carbons (Fsp3) is 0.316. The molecule has 0 aliphatic carbocycles. The van der Waals surface area contributed by atoms with Gasteiger partial charge in [0.2, 0.25) is 0 Å². The summed E-state index contributed by atoms with van der Waals surface area (Å²) in [5.74, 6) is 0.209. The maximum absolute atomic E-state index is 11.0. The van der Waals surface area contributed by atoms with Gasteiger partial charge in [0.05, 0.1) is 0 Å². The Morgan fingerprint density at radius 3 is 1.90 bits per heavy atom. The number of carbonyl (C=O) groups excluding carboxylic acids is 1. The lowest BCUT2D eigenvalue weighted by molar-refractivity contribution is 0.0988. The van der Waals surface area contributed by atoms with E-state index in [-0.39, 0.29) is 5.78 Å². The third-order valence-electron chi connectivity index (χ3n) is 2.76. The third-order valence-corrected chi connectivity index (χ3v) is 2.76. The first-order chi connectivity index (χ1) is 10.2. The molecular formula is C19H27NO. The molecule has 0 aliphatic heterocycles. The molecular weight excluding hydrogens is 258 g/mol. The Morgan fingerprint density at radius 1 is 0.952 bits per heavy atom. The summed E-state index contributed by atoms with van der Waals surface area (Å²) in [4.78, 5) is 11.0. The zero-order valence-corrected chi connectivity index (χ0v) is 13.8. The Bertz CT molecular complexity index is 489. The second kappa shape index (κ2) is 11.7. The van der Waals surface area contributed by atoms with Crippen LogP contribution in [0.5, 0.6) is 0 Å². The van der Waals surface area contributed by atoms with Gasteiger partial charge in [-0.2, -0.15) is 0 Å². The van der Waals surface area contributed by atoms with E-state index in [2.05, 4.69) is 36.5 Å². The number of carbonyl (C=O) groups is 1. The van der Waals surface area contributed by atoms with E-state index in [1.807, 2.05) is 58.2 Å². The molecule has 114 valence electrons. The number of aryl methyl sites for hydroxylation is 1. The van der Waals surface area contributed by atoms with Crippen LogP contribution in [0.4, 0.5) is 5.69 Å². The number of benzene rings is 2. The largest absolute Gasteiger partial charge is 0.388 e. The molecule has 0 heterocycles. The van der Waals surface area contributed by atoms with Crippen molar-refractivity contribution in [1.29, 1.82) is 0 Å². The Kier molecular flexibility index (Phi) is 10.5. The molecule has 21 heavy (non-hydrogen) atoms. The fourth-order valence-corrected chi connectivity index (χ4v) is 1.55. The van der Waals surface area contributed by atoms with E-state index in [0.29, 0.717) is 6.42 Å². The lowest BCUT2D eigenvalue weighted by Crippen LogP contribution is -1.94. The Hall–Kier alpha value is -2.09. The number of ketones is 1. The van der Waals surface area contributed by atoms with Crippen molar-refractivity contribution in [3.05, 3.63) is 65.7 Å². The van der Waals surface area contributed by atoms with Crippen LogP contribution in [0.3, 0.4) is 0 Å². The molecule has 0 radical (unpaired) electrons. The summed E-state index contributed by atoms with van der Waals surface area (Å²) in [6.07, 6.45) is 0.587. The van der Waals surface area contributed by atoms with Crippen LogP contribution < -0.4 is 5.32 Å². The summed E-state index contributed by atoms with van der Waals surface area (Å²) in [5.41, 5.74) is 3.28. The van der Waals surface area contributed by atoms with Gasteiger partial charge in [0.15, 0.2) is 5.78 Å². The second-order valence-corrected chi connectivity index (χ2v) is 4.26. The molecule has 2 aromatic rings. The van der Waals surface area contributed by atoms with Crippen molar-refractivity contribution in [3.8, 4) is 0 Å². The minimum absolute atomic E-state index is 0.209. The van der Waals surface area contributed by atoms with Crippen molar-refractivity contribution in [2.75, 3.05) is 12.4 Å². The van der Waals surface area contributed by atoms with E-state index in [1.54, 1.807) is 0 Å². The van der Waals surface area contributed by atoms with Crippen LogP contribution in [0.1, 0.15) is 43.1 Å². The summed E-state index contributed by atoms with van der Waals surface area (Å²) in [6, 6.07) is 17.7. The average Bonchev–Trinajstić information content (AvgIpc) is 2.58. The highest BCUT2D eigenvalue weighted by atomic mass is 16.1. The van der Waals surface area contributed by atoms with Crippen molar-refractivity contribution in [2.45, 2.75) is 34.1 Å². The Balaban J connectivity index is 0.000000342. The van der Waals surface area contributed by atoms with Gasteiger partial charge in [0.1, 0.15) is 0 Å². The number of Topliss-reactive ketones (excluding diaryl/α,β-unsaturated/α-hetero) is 1. The summed E-state index contributed by atoms with van der Waals surface area (Å²) >= 11 is 0. The molecule has 0 unspecified atom stereocenters. The summed E-state index contributed by atoms with van der Waals surface area (Å²) in [6.45, 7) is 7.95. The summed E-state index contributed by atoms with van der Waals surface area (Å²) < 4.78 is 0. The van der Waals surface area contributed by atoms with Crippen LogP contribution in [-0.4, -0.2) is 12.8 Å². The van der Waals surface area contributed by atoms with Gasteiger partial charge in [-0.3, -0.25) is 4.79 Å². The smallest absolute Gasteiger partial charge is 0.162 e. The van der Waals surface area contributed by atoms with E-state index in [4.69, 9.17) is 0 Å². The molecule has 0 fully saturated rings. The third kappa shape index (κ3) is 7.93. The van der Waals surface area contributed by atoms with Gasteiger partial charge in [-0.1, -0.05) is 68.8 Å². The van der Waals surface area contributed by atoms with E-state index < -0.39 is 0 Å². The van der Waals surface area contributed by atoms with Crippen molar-refractivity contribution in [3.63, 3.8) is 0 Å². The number of hydrogen-bond donors (Lipinski definition) is 1. The average molecular weight is 285 g/mol. The number of anilines is 1. The highest BCUT2D eigenvalue weighted by Gasteiger charge is 1.98. The second-order valence-electron chi connectivity index (χ2n) is 4.26. The summed E-state index contributed by atoms with van der Waals surface area (Å²) in [7, 11) is 1.92. The minimum Gasteiger partial charge on any atom is -0.388 e. The standard InChI is InChI=1S/C9H10O.C8H11N.C2H6/c1-2-9(10)8-6-4-3-5-7-8;1-7-3-5-8(9-2)6-4-7;1-2/h3-7H,2H2,1H3;3-6,9H,1-2H3;1-2H3. The van der Waals surface area contributed by atoms with Crippen molar-refractivity contribution in [2.24, 2.45) is 0 Å². The van der Waals surface area contributed by atoms with E-state index in [1.165, 1.54) is 11.3 Å². The molecule has 2 heteroatoms. The molecule has 0 amide bonds. The molecule has 2 rings (SSSR count). The number of hydrogen-bond acceptors (Lipinski definition) is 2. The van der Waals surface area contributed by atoms with Gasteiger partial charge >= 0.3 is 0 Å². The fourth-order valence-electron chi connectivity index (χ4n) is 1.55. The van der Waals surface area contributed by atoms with Crippen LogP contribution in [-0.2, 0) is 0 Å². The van der Waals surface area contributed by atoms with Crippen LogP contribution in [0, 0.1) is 6.92 Å². The highest BCUT2D eigenvalue weighted by Crippen LogP contribution is 2.06. The Morgan fingerprint density at radius 2 is 1.48 bits per heavy atom. The van der Waals surface area contributed by atoms with Crippen LogP contribution in [0.15, 0.2) is 54.6 Å². The molecule has 1 N–H and O–H groups in total. The first kappa shape index (κ1) is 18.9. The van der Waals surface area contributed by atoms with E-state index in [0.717, 1.165) is 5.56 Å². The molecule has 0 spiro atoms. The maximum Gasteiger partial charge on any atom is 0.162 e. The predicted octanol–water partition coefficient (Wildman–Crippen LogP) is 5.34. The summed E-state index contributed by atoms with van der Waals surface area (Å²) in [5, 5.41) is 3.05. The molecule has 0 aromatic heterocycles. The first-order valence-electron chi connectivity index (χ1n) is 7.50. The quantitative estimate of drug-likeness (QED) is 0.771. The van der Waals surface area contributed by atoms with Gasteiger partial charge in [-0.25, -0.2) is 0 Å². The Labute approximate surface area is 129 Å². The van der Waals surface area contributed by atoms with Crippen LogP contribution >= 0.6 is 0 Å². The van der Waals surface area contributed by atoms with Gasteiger partial charge in [0.25, 0.3) is 0 Å². The zero-order chi connectivity index (χ0) is 16.1. The van der Waals surface area contributed by atoms with Gasteiger partial charge < -0.3 is 5.32 Å². The first-order valence-corrected chi connectivity index (χ1v) is 7.50. The monoisotopic (exact) mass is 285 g/mol. The van der Waals surface area contributed by atoms with Crippen molar-refractivity contribution in [1.82, 2.24) is 0 Å². The van der Waals surface area contributed by atoms with Gasteiger partial charge in [0, 0.05) is 24.7 Å². The molecule has 0 saturated heterocycles. The van der Waals surface area contributed by atoms with Crippen molar-refractivity contribution >= 4 is 11.5 Å². The molecule has 2 aromatic carbocycles. The molecule has 0 atom stereocenters. The number of nitrogens with one attached hydrogen (secondary N) is 1. The lowest BCUT2D eigenvalue weighted by Gasteiger charge is -1.97. The highest BCUT2D eigenvalue weighted by molar-refractivity contribution is 5.95. The molecule has 0 bridgehead atoms. The van der Waals surface area contributed by atoms with Crippen LogP contribution in [0.2, 0.25) is 0 Å². The lowest BCUT2D eigenvalue weighted by atomic mass is 10.1. The maximum atomic E-state index is 11.0. The minimum atomic E-state index is 0.209. The molecule has 0 saturated carbocycles. The van der Waals surface area contributed by atoms with Gasteiger partial charge in [-0.15, -0.1) is 0 Å². The number of rotatable bonds is 3. The molecule has 0 aliphatic rings. The van der Waals surface area contributed by atoms with Crippen LogP contribution in [0.25, 0.3) is 0 Å². The zero-order valence-electron chi connectivity index (χ0n) is 13.8.